The number of aromatic nitrogens is 1. The van der Waals surface area contributed by atoms with Crippen LogP contribution in [0.5, 0.6) is 0 Å². The number of nitrogens with two attached hydrogens (primary N) is 1. The Balaban J connectivity index is 2.31. The number of pyridine rings is 1. The van der Waals surface area contributed by atoms with Gasteiger partial charge in [0.05, 0.1) is 6.04 Å². The molecule has 3 N–H and O–H groups in total. The van der Waals surface area contributed by atoms with Gasteiger partial charge in [0.2, 0.25) is 0 Å². The van der Waals surface area contributed by atoms with Crippen LogP contribution in [0.15, 0.2) is 36.7 Å². The Hall–Kier alpha value is -1.78. The van der Waals surface area contributed by atoms with Gasteiger partial charge in [0.25, 0.3) is 0 Å². The van der Waals surface area contributed by atoms with Gasteiger partial charge in [0.15, 0.2) is 0 Å². The number of hydrogen-bond acceptors (Lipinski definition) is 3. The predicted molar refractivity (Wildman–Crippen MR) is 78.5 cm³/mol. The molecule has 0 aliphatic heterocycles. The number of hydrogen-bond donors (Lipinski definition) is 2. The molecule has 1 atom stereocenters. The summed E-state index contributed by atoms with van der Waals surface area (Å²) in [6.07, 6.45) is 5.16. The second-order valence-electron chi connectivity index (χ2n) is 4.92. The first-order valence-corrected chi connectivity index (χ1v) is 6.79. The molecule has 2 rings (SSSR count). The number of nitrogens with zero attached hydrogens (tertiary/aromatic N) is 1. The molecule has 0 saturated carbocycles. The summed E-state index contributed by atoms with van der Waals surface area (Å²) in [6, 6.07) is 6.78. The van der Waals surface area contributed by atoms with E-state index in [0.717, 1.165) is 28.7 Å². The molecular formula is C16H20FN3. The molecule has 3 nitrogen and oxygen atoms in total. The average molecular weight is 273 g/mol. The molecule has 106 valence electrons. The first-order chi connectivity index (χ1) is 9.65. The standard InChI is InChI=1S/C16H20FN3/c1-3-12-10-19-7-6-15(12)16(20-18)9-13-8-14(17)5-4-11(13)2/h4-8,10,16,20H,3,9,18H2,1-2H3. The van der Waals surface area contributed by atoms with E-state index < -0.39 is 0 Å². The molecule has 0 fully saturated rings. The molecule has 1 unspecified atom stereocenters. The highest BCUT2D eigenvalue weighted by Gasteiger charge is 2.15. The largest absolute Gasteiger partial charge is 0.271 e. The van der Waals surface area contributed by atoms with Gasteiger partial charge in [-0.25, -0.2) is 4.39 Å². The maximum atomic E-state index is 13.4. The Morgan fingerprint density at radius 1 is 1.30 bits per heavy atom. The monoisotopic (exact) mass is 273 g/mol. The van der Waals surface area contributed by atoms with Crippen LogP contribution < -0.4 is 11.3 Å². The fourth-order valence-electron chi connectivity index (χ4n) is 2.41. The Morgan fingerprint density at radius 3 is 2.80 bits per heavy atom. The third-order valence-corrected chi connectivity index (χ3v) is 3.63. The van der Waals surface area contributed by atoms with Crippen LogP contribution in [0.1, 0.15) is 35.2 Å². The summed E-state index contributed by atoms with van der Waals surface area (Å²) < 4.78 is 13.4. The second-order valence-corrected chi connectivity index (χ2v) is 4.92. The minimum Gasteiger partial charge on any atom is -0.271 e. The summed E-state index contributed by atoms with van der Waals surface area (Å²) >= 11 is 0. The molecule has 0 bridgehead atoms. The van der Waals surface area contributed by atoms with E-state index in [4.69, 9.17) is 5.84 Å². The van der Waals surface area contributed by atoms with Crippen molar-refractivity contribution in [3.8, 4) is 0 Å². The normalized spacial score (nSPS) is 12.4. The van der Waals surface area contributed by atoms with Gasteiger partial charge >= 0.3 is 0 Å². The molecule has 4 heteroatoms. The topological polar surface area (TPSA) is 50.9 Å². The molecular weight excluding hydrogens is 253 g/mol. The number of nitrogens with one attached hydrogen (secondary N) is 1. The Morgan fingerprint density at radius 2 is 2.10 bits per heavy atom. The first kappa shape index (κ1) is 14.6. The summed E-state index contributed by atoms with van der Waals surface area (Å²) in [6.45, 7) is 4.07. The first-order valence-electron chi connectivity index (χ1n) is 6.79. The van der Waals surface area contributed by atoms with Crippen molar-refractivity contribution in [3.63, 3.8) is 0 Å². The van der Waals surface area contributed by atoms with Crippen LogP contribution in [0.25, 0.3) is 0 Å². The number of benzene rings is 1. The Kier molecular flexibility index (Phi) is 4.82. The summed E-state index contributed by atoms with van der Waals surface area (Å²) in [5.41, 5.74) is 7.15. The minimum atomic E-state index is -0.216. The zero-order chi connectivity index (χ0) is 14.5. The molecule has 2 aromatic rings. The van der Waals surface area contributed by atoms with Crippen molar-refractivity contribution < 1.29 is 4.39 Å². The molecule has 0 aliphatic carbocycles. The summed E-state index contributed by atoms with van der Waals surface area (Å²) in [5, 5.41) is 0. The molecule has 0 spiro atoms. The van der Waals surface area contributed by atoms with Crippen molar-refractivity contribution in [2.45, 2.75) is 32.7 Å². The van der Waals surface area contributed by atoms with Crippen LogP contribution >= 0.6 is 0 Å². The number of rotatable bonds is 5. The van der Waals surface area contributed by atoms with Crippen molar-refractivity contribution in [1.82, 2.24) is 10.4 Å². The molecule has 1 aromatic heterocycles. The van der Waals surface area contributed by atoms with Crippen molar-refractivity contribution >= 4 is 0 Å². The van der Waals surface area contributed by atoms with Crippen molar-refractivity contribution in [2.75, 3.05) is 0 Å². The maximum absolute atomic E-state index is 13.4. The smallest absolute Gasteiger partial charge is 0.123 e. The van der Waals surface area contributed by atoms with Gasteiger partial charge in [-0.15, -0.1) is 0 Å². The lowest BCUT2D eigenvalue weighted by Gasteiger charge is -2.20. The van der Waals surface area contributed by atoms with Crippen molar-refractivity contribution in [3.05, 3.63) is 64.7 Å². The van der Waals surface area contributed by atoms with Crippen LogP contribution in [0.2, 0.25) is 0 Å². The van der Waals surface area contributed by atoms with Crippen LogP contribution in [0.4, 0.5) is 4.39 Å². The van der Waals surface area contributed by atoms with Crippen molar-refractivity contribution in [2.24, 2.45) is 5.84 Å². The SMILES string of the molecule is CCc1cnccc1C(Cc1cc(F)ccc1C)NN. The lowest BCUT2D eigenvalue weighted by atomic mass is 9.93. The van der Waals surface area contributed by atoms with Crippen LogP contribution in [-0.2, 0) is 12.8 Å². The van der Waals surface area contributed by atoms with Gasteiger partial charge in [-0.05, 0) is 60.2 Å². The van der Waals surface area contributed by atoms with Gasteiger partial charge < -0.3 is 0 Å². The summed E-state index contributed by atoms with van der Waals surface area (Å²) in [7, 11) is 0. The molecule has 0 aliphatic rings. The Labute approximate surface area is 119 Å². The third kappa shape index (κ3) is 3.21. The molecule has 0 amide bonds. The van der Waals surface area contributed by atoms with E-state index >= 15 is 0 Å². The second kappa shape index (κ2) is 6.59. The average Bonchev–Trinajstić information content (AvgIpc) is 2.48. The summed E-state index contributed by atoms with van der Waals surface area (Å²) in [5.74, 6) is 5.48. The zero-order valence-electron chi connectivity index (χ0n) is 11.9. The highest BCUT2D eigenvalue weighted by atomic mass is 19.1. The van der Waals surface area contributed by atoms with Gasteiger partial charge in [0.1, 0.15) is 5.82 Å². The van der Waals surface area contributed by atoms with Gasteiger partial charge in [-0.3, -0.25) is 16.3 Å². The quantitative estimate of drug-likeness (QED) is 0.650. The highest BCUT2D eigenvalue weighted by Crippen LogP contribution is 2.23. The maximum Gasteiger partial charge on any atom is 0.123 e. The fourth-order valence-corrected chi connectivity index (χ4v) is 2.41. The van der Waals surface area contributed by atoms with E-state index in [1.165, 1.54) is 6.07 Å². The van der Waals surface area contributed by atoms with Gasteiger partial charge in [-0.1, -0.05) is 13.0 Å². The third-order valence-electron chi connectivity index (χ3n) is 3.63. The molecule has 1 heterocycles. The summed E-state index contributed by atoms with van der Waals surface area (Å²) in [4.78, 5) is 4.14. The van der Waals surface area contributed by atoms with E-state index in [1.807, 2.05) is 19.2 Å². The predicted octanol–water partition coefficient (Wildman–Crippen LogP) is 2.84. The molecule has 0 radical (unpaired) electrons. The van der Waals surface area contributed by atoms with Gasteiger partial charge in [0, 0.05) is 12.4 Å². The van der Waals surface area contributed by atoms with Crippen LogP contribution in [0, 0.1) is 12.7 Å². The lowest BCUT2D eigenvalue weighted by molar-refractivity contribution is 0.542. The van der Waals surface area contributed by atoms with Crippen LogP contribution in [0.3, 0.4) is 0 Å². The van der Waals surface area contributed by atoms with Crippen LogP contribution in [-0.4, -0.2) is 4.98 Å². The lowest BCUT2D eigenvalue weighted by Crippen LogP contribution is -2.30. The van der Waals surface area contributed by atoms with E-state index in [1.54, 1.807) is 18.3 Å². The number of halogens is 1. The molecule has 1 aromatic carbocycles. The zero-order valence-corrected chi connectivity index (χ0v) is 11.9. The minimum absolute atomic E-state index is 0.0477. The van der Waals surface area contributed by atoms with Crippen molar-refractivity contribution in [1.29, 1.82) is 0 Å². The fraction of sp³-hybridized carbons (Fsp3) is 0.312. The van der Waals surface area contributed by atoms with E-state index in [0.29, 0.717) is 6.42 Å². The number of aryl methyl sites for hydroxylation is 2. The van der Waals surface area contributed by atoms with E-state index in [-0.39, 0.29) is 11.9 Å². The van der Waals surface area contributed by atoms with E-state index in [9.17, 15) is 4.39 Å². The molecule has 0 saturated heterocycles. The van der Waals surface area contributed by atoms with Gasteiger partial charge in [-0.2, -0.15) is 0 Å². The Bertz CT molecular complexity index is 584. The molecule has 20 heavy (non-hydrogen) atoms. The number of hydrazine groups is 1. The van der Waals surface area contributed by atoms with E-state index in [2.05, 4.69) is 17.3 Å². The highest BCUT2D eigenvalue weighted by molar-refractivity contribution is 5.32.